The van der Waals surface area contributed by atoms with Gasteiger partial charge in [-0.25, -0.2) is 0 Å². The molecule has 0 bridgehead atoms. The zero-order chi connectivity index (χ0) is 4.28. The summed E-state index contributed by atoms with van der Waals surface area (Å²) < 4.78 is 0. The van der Waals surface area contributed by atoms with Gasteiger partial charge in [0.1, 0.15) is 0 Å². The molecule has 0 unspecified atom stereocenters. The van der Waals surface area contributed by atoms with Crippen LogP contribution >= 0.6 is 0 Å². The van der Waals surface area contributed by atoms with E-state index in [1.807, 2.05) is 0 Å². The maximum atomic E-state index is 7.51. The molecule has 5 N–H and O–H groups in total. The lowest BCUT2D eigenvalue weighted by Gasteiger charge is -1.97. The standard InChI is InChI=1S/H5N3O2/c1-2-3(4)5/h2,4-5H,1H2. The van der Waals surface area contributed by atoms with Gasteiger partial charge in [0, 0.05) is 5.34 Å². The fourth-order valence-corrected chi connectivity index (χ4v) is 0. The van der Waals surface area contributed by atoms with E-state index in [2.05, 4.69) is 5.84 Å². The quantitative estimate of drug-likeness (QED) is 0.226. The summed E-state index contributed by atoms with van der Waals surface area (Å²) in [6.45, 7) is 0. The van der Waals surface area contributed by atoms with E-state index in [0.717, 1.165) is 0 Å². The molecular weight excluding hydrogens is 74.0 g/mol. The van der Waals surface area contributed by atoms with Crippen LogP contribution < -0.4 is 11.4 Å². The van der Waals surface area contributed by atoms with E-state index < -0.39 is 0 Å². The van der Waals surface area contributed by atoms with Gasteiger partial charge >= 0.3 is 0 Å². The Bertz CT molecular complexity index is 18.9. The molecule has 5 nitrogen and oxygen atoms in total. The van der Waals surface area contributed by atoms with Crippen molar-refractivity contribution in [2.24, 2.45) is 5.84 Å². The van der Waals surface area contributed by atoms with E-state index in [1.54, 1.807) is 0 Å². The second-order valence-corrected chi connectivity index (χ2v) is 0.419. The first-order valence-corrected chi connectivity index (χ1v) is 0.912. The molecule has 0 rings (SSSR count). The van der Waals surface area contributed by atoms with Crippen LogP contribution in [0.5, 0.6) is 0 Å². The van der Waals surface area contributed by atoms with E-state index in [1.165, 1.54) is 5.53 Å². The molecule has 0 aromatic rings. The first-order chi connectivity index (χ1) is 2.27. The molecule has 0 aliphatic heterocycles. The Morgan fingerprint density at radius 2 is 1.80 bits per heavy atom. The normalized spacial score (nSPS) is 9.60. The molecule has 0 aliphatic rings. The van der Waals surface area contributed by atoms with Crippen LogP contribution in [0.25, 0.3) is 0 Å². The van der Waals surface area contributed by atoms with Crippen molar-refractivity contribution in [2.75, 3.05) is 0 Å². The molecule has 0 aromatic heterocycles. The Labute approximate surface area is 28.5 Å². The molecule has 0 aromatic carbocycles. The molecule has 32 valence electrons. The highest BCUT2D eigenvalue weighted by molar-refractivity contribution is 3.71. The number of nitrogens with zero attached hydrogens (tertiary/aromatic N) is 1. The number of rotatable bonds is 1. The number of hydrogen-bond donors (Lipinski definition) is 4. The van der Waals surface area contributed by atoms with E-state index in [0.29, 0.717) is 0 Å². The summed E-state index contributed by atoms with van der Waals surface area (Å²) in [5.74, 6) is 4.35. The zero-order valence-electron chi connectivity index (χ0n) is 2.42. The van der Waals surface area contributed by atoms with Crippen LogP contribution in [-0.4, -0.2) is 15.8 Å². The number of nitrogens with one attached hydrogen (secondary N) is 1. The van der Waals surface area contributed by atoms with Crippen LogP contribution in [0.15, 0.2) is 0 Å². The number of hydrogen-bond acceptors (Lipinski definition) is 5. The van der Waals surface area contributed by atoms with Crippen molar-refractivity contribution in [2.45, 2.75) is 0 Å². The molecule has 0 radical (unpaired) electrons. The van der Waals surface area contributed by atoms with Crippen molar-refractivity contribution in [1.29, 1.82) is 0 Å². The van der Waals surface area contributed by atoms with Gasteiger partial charge in [0.15, 0.2) is 0 Å². The first-order valence-electron chi connectivity index (χ1n) is 0.912. The van der Waals surface area contributed by atoms with Crippen LogP contribution in [0, 0.1) is 0 Å². The van der Waals surface area contributed by atoms with Gasteiger partial charge in [-0.3, -0.25) is 16.3 Å². The average Bonchev–Trinajstić information content (AvgIpc) is 1.38. The molecule has 0 aliphatic carbocycles. The van der Waals surface area contributed by atoms with Crippen molar-refractivity contribution in [3.63, 3.8) is 0 Å². The van der Waals surface area contributed by atoms with Crippen molar-refractivity contribution >= 4 is 0 Å². The maximum Gasteiger partial charge on any atom is 0.0196 e. The van der Waals surface area contributed by atoms with Crippen molar-refractivity contribution in [3.05, 3.63) is 0 Å². The summed E-state index contributed by atoms with van der Waals surface area (Å²) in [6, 6.07) is 0. The van der Waals surface area contributed by atoms with Crippen molar-refractivity contribution in [1.82, 2.24) is 10.9 Å². The third kappa shape index (κ3) is 3.80. The minimum atomic E-state index is -0.347. The number of hydrazine groups is 2. The summed E-state index contributed by atoms with van der Waals surface area (Å²) in [7, 11) is 0. The fourth-order valence-electron chi connectivity index (χ4n) is 0. The largest absolute Gasteiger partial charge is 0.275 e. The molecule has 0 saturated heterocycles. The van der Waals surface area contributed by atoms with Crippen molar-refractivity contribution < 1.29 is 10.4 Å². The topological polar surface area (TPSA) is 81.8 Å². The second-order valence-electron chi connectivity index (χ2n) is 0.419. The van der Waals surface area contributed by atoms with Gasteiger partial charge in [0.05, 0.1) is 0 Å². The van der Waals surface area contributed by atoms with E-state index >= 15 is 0 Å². The molecule has 0 spiro atoms. The summed E-state index contributed by atoms with van der Waals surface area (Å²) in [4.78, 5) is 0. The fraction of sp³-hybridized carbons (Fsp3) is 0. The van der Waals surface area contributed by atoms with Crippen LogP contribution in [0.4, 0.5) is 0 Å². The Morgan fingerprint density at radius 3 is 1.80 bits per heavy atom. The van der Waals surface area contributed by atoms with Gasteiger partial charge in [-0.15, -0.1) is 5.53 Å². The molecule has 0 amide bonds. The highest BCUT2D eigenvalue weighted by Gasteiger charge is 1.74. The highest BCUT2D eigenvalue weighted by atomic mass is 16.8. The van der Waals surface area contributed by atoms with Crippen LogP contribution in [0.2, 0.25) is 0 Å². The Hall–Kier alpha value is -0.200. The third-order valence-corrected chi connectivity index (χ3v) is 0.115. The maximum absolute atomic E-state index is 7.51. The van der Waals surface area contributed by atoms with Crippen molar-refractivity contribution in [3.8, 4) is 0 Å². The minimum absolute atomic E-state index is 0.347. The van der Waals surface area contributed by atoms with E-state index in [4.69, 9.17) is 10.4 Å². The van der Waals surface area contributed by atoms with E-state index in [9.17, 15) is 0 Å². The zero-order valence-corrected chi connectivity index (χ0v) is 2.42. The third-order valence-electron chi connectivity index (χ3n) is 0.115. The summed E-state index contributed by atoms with van der Waals surface area (Å²) >= 11 is 0. The van der Waals surface area contributed by atoms with Gasteiger partial charge < -0.3 is 0 Å². The predicted molar refractivity (Wildman–Crippen MR) is 12.7 cm³/mol. The van der Waals surface area contributed by atoms with Gasteiger partial charge in [0.2, 0.25) is 0 Å². The minimum Gasteiger partial charge on any atom is -0.275 e. The summed E-state index contributed by atoms with van der Waals surface area (Å²) in [6.07, 6.45) is 0. The molecule has 0 saturated carbocycles. The van der Waals surface area contributed by atoms with Gasteiger partial charge in [-0.2, -0.15) is 0 Å². The van der Waals surface area contributed by atoms with Crippen LogP contribution in [0.3, 0.4) is 0 Å². The molecular formula is H5N3O2. The molecule has 0 atom stereocenters. The van der Waals surface area contributed by atoms with Crippen LogP contribution in [-0.2, 0) is 0 Å². The predicted octanol–water partition coefficient (Wildman–Crippen LogP) is -1.55. The molecule has 0 fully saturated rings. The lowest BCUT2D eigenvalue weighted by Crippen LogP contribution is -2.37. The van der Waals surface area contributed by atoms with E-state index in [-0.39, 0.29) is 5.34 Å². The Balaban J connectivity index is 2.54. The van der Waals surface area contributed by atoms with Gasteiger partial charge in [0.25, 0.3) is 0 Å². The first kappa shape index (κ1) is 4.80. The lowest BCUT2D eigenvalue weighted by atomic mass is 12.4. The SMILES string of the molecule is NNN(O)O. The highest BCUT2D eigenvalue weighted by Crippen LogP contribution is 1.43. The summed E-state index contributed by atoms with van der Waals surface area (Å²) in [5, 5.41) is 14.7. The number of nitrogens with two attached hydrogens (primary N) is 1. The average molecular weight is 79.1 g/mol. The Morgan fingerprint density at radius 1 is 1.60 bits per heavy atom. The monoisotopic (exact) mass is 79.0 g/mol. The Kier molecular flexibility index (Phi) is 1.98. The van der Waals surface area contributed by atoms with Crippen LogP contribution in [0.1, 0.15) is 0 Å². The lowest BCUT2D eigenvalue weighted by molar-refractivity contribution is -0.342. The molecule has 5 heavy (non-hydrogen) atoms. The van der Waals surface area contributed by atoms with Gasteiger partial charge in [-0.05, 0) is 0 Å². The molecule has 0 heterocycles. The summed E-state index contributed by atoms with van der Waals surface area (Å²) in [5.41, 5.74) is 1.47. The molecule has 5 heteroatoms. The smallest absolute Gasteiger partial charge is 0.0196 e. The van der Waals surface area contributed by atoms with Gasteiger partial charge in [-0.1, -0.05) is 0 Å². The second kappa shape index (κ2) is 2.06.